The summed E-state index contributed by atoms with van der Waals surface area (Å²) in [7, 11) is 0. The van der Waals surface area contributed by atoms with Crippen LogP contribution in [0, 0.1) is 6.92 Å². The number of anilines is 1. The van der Waals surface area contributed by atoms with Gasteiger partial charge in [-0.15, -0.1) is 0 Å². The van der Waals surface area contributed by atoms with Crippen molar-refractivity contribution in [1.82, 2.24) is 15.1 Å². The van der Waals surface area contributed by atoms with Crippen LogP contribution in [0.1, 0.15) is 33.5 Å². The molecule has 7 nitrogen and oxygen atoms in total. The Balaban J connectivity index is 1.46. The zero-order valence-electron chi connectivity index (χ0n) is 18.7. The molecule has 1 N–H and O–H groups in total. The number of nitrogens with zero attached hydrogens (tertiary/aromatic N) is 3. The van der Waals surface area contributed by atoms with Crippen molar-refractivity contribution in [1.29, 1.82) is 0 Å². The van der Waals surface area contributed by atoms with Crippen LogP contribution in [-0.2, 0) is 17.5 Å². The fourth-order valence-electron chi connectivity index (χ4n) is 4.22. The van der Waals surface area contributed by atoms with Crippen LogP contribution in [0.5, 0.6) is 0 Å². The summed E-state index contributed by atoms with van der Waals surface area (Å²) in [6.07, 6.45) is -4.37. The Bertz CT molecular complexity index is 1120. The maximum absolute atomic E-state index is 13.2. The van der Waals surface area contributed by atoms with Gasteiger partial charge in [0.1, 0.15) is 0 Å². The number of halogens is 3. The molecule has 0 aromatic heterocycles. The number of rotatable bonds is 4. The van der Waals surface area contributed by atoms with Gasteiger partial charge in [0.2, 0.25) is 5.91 Å². The van der Waals surface area contributed by atoms with Crippen LogP contribution in [0.3, 0.4) is 0 Å². The SMILES string of the molecule is Cc1ccc(C(=O)N2CCC(=O)N(Cc3cccc(C(F)(F)F)c3)CC2)cc1N1CCNC1=O. The number of amides is 4. The van der Waals surface area contributed by atoms with E-state index in [1.54, 1.807) is 34.1 Å². The highest BCUT2D eigenvalue weighted by atomic mass is 19.4. The second-order valence-electron chi connectivity index (χ2n) is 8.44. The third-order valence-electron chi connectivity index (χ3n) is 6.11. The first kappa shape index (κ1) is 23.6. The number of urea groups is 1. The zero-order valence-corrected chi connectivity index (χ0v) is 18.7. The molecule has 0 atom stereocenters. The molecular weight excluding hydrogens is 449 g/mol. The molecule has 2 heterocycles. The van der Waals surface area contributed by atoms with Gasteiger partial charge in [-0.25, -0.2) is 4.79 Å². The fraction of sp³-hybridized carbons (Fsp3) is 0.375. The number of nitrogens with one attached hydrogen (secondary N) is 1. The van der Waals surface area contributed by atoms with Gasteiger partial charge in [0, 0.05) is 56.9 Å². The largest absolute Gasteiger partial charge is 0.416 e. The van der Waals surface area contributed by atoms with Gasteiger partial charge < -0.3 is 15.1 Å². The highest BCUT2D eigenvalue weighted by Crippen LogP contribution is 2.30. The number of aryl methyl sites for hydroxylation is 1. The van der Waals surface area contributed by atoms with Crippen molar-refractivity contribution in [2.24, 2.45) is 0 Å². The Morgan fingerprint density at radius 2 is 1.82 bits per heavy atom. The average Bonchev–Trinajstić information content (AvgIpc) is 3.14. The Hall–Kier alpha value is -3.56. The molecule has 0 saturated carbocycles. The molecule has 4 rings (SSSR count). The van der Waals surface area contributed by atoms with E-state index in [9.17, 15) is 27.6 Å². The van der Waals surface area contributed by atoms with E-state index in [0.29, 0.717) is 29.9 Å². The second-order valence-corrected chi connectivity index (χ2v) is 8.44. The Morgan fingerprint density at radius 3 is 2.53 bits per heavy atom. The topological polar surface area (TPSA) is 73.0 Å². The Labute approximate surface area is 195 Å². The number of hydrogen-bond donors (Lipinski definition) is 1. The summed E-state index contributed by atoms with van der Waals surface area (Å²) in [5, 5.41) is 2.74. The van der Waals surface area contributed by atoms with Gasteiger partial charge in [0.05, 0.1) is 5.56 Å². The normalized spacial score (nSPS) is 17.1. The molecule has 0 unspecified atom stereocenters. The van der Waals surface area contributed by atoms with Crippen molar-refractivity contribution in [2.75, 3.05) is 37.6 Å². The summed E-state index contributed by atoms with van der Waals surface area (Å²) in [5.41, 5.74) is 1.57. The molecule has 34 heavy (non-hydrogen) atoms. The molecule has 2 aromatic rings. The van der Waals surface area contributed by atoms with Crippen LogP contribution in [0.4, 0.5) is 23.7 Å². The van der Waals surface area contributed by atoms with E-state index in [0.717, 1.165) is 17.7 Å². The monoisotopic (exact) mass is 474 g/mol. The summed E-state index contributed by atoms with van der Waals surface area (Å²) in [4.78, 5) is 42.5. The van der Waals surface area contributed by atoms with Crippen LogP contribution < -0.4 is 10.2 Å². The molecule has 180 valence electrons. The van der Waals surface area contributed by atoms with Crippen molar-refractivity contribution in [3.63, 3.8) is 0 Å². The van der Waals surface area contributed by atoms with Gasteiger partial charge in [0.25, 0.3) is 5.91 Å². The third-order valence-corrected chi connectivity index (χ3v) is 6.11. The first-order valence-corrected chi connectivity index (χ1v) is 11.0. The van der Waals surface area contributed by atoms with Gasteiger partial charge in [-0.1, -0.05) is 18.2 Å². The maximum Gasteiger partial charge on any atom is 0.416 e. The molecule has 4 amide bonds. The summed E-state index contributed by atoms with van der Waals surface area (Å²) >= 11 is 0. The molecular formula is C24H25F3N4O3. The van der Waals surface area contributed by atoms with Gasteiger partial charge >= 0.3 is 12.2 Å². The quantitative estimate of drug-likeness (QED) is 0.738. The Morgan fingerprint density at radius 1 is 1.03 bits per heavy atom. The van der Waals surface area contributed by atoms with E-state index >= 15 is 0 Å². The summed E-state index contributed by atoms with van der Waals surface area (Å²) in [5.74, 6) is -0.472. The molecule has 0 spiro atoms. The van der Waals surface area contributed by atoms with Gasteiger partial charge in [-0.3, -0.25) is 14.5 Å². The molecule has 0 radical (unpaired) electrons. The van der Waals surface area contributed by atoms with Crippen molar-refractivity contribution < 1.29 is 27.6 Å². The second kappa shape index (κ2) is 9.36. The van der Waals surface area contributed by atoms with Crippen molar-refractivity contribution in [2.45, 2.75) is 26.1 Å². The van der Waals surface area contributed by atoms with Gasteiger partial charge in [-0.2, -0.15) is 13.2 Å². The lowest BCUT2D eigenvalue weighted by atomic mass is 10.1. The van der Waals surface area contributed by atoms with Crippen molar-refractivity contribution in [3.05, 3.63) is 64.7 Å². The number of benzene rings is 2. The lowest BCUT2D eigenvalue weighted by Gasteiger charge is -2.23. The van der Waals surface area contributed by atoms with Crippen LogP contribution in [-0.4, -0.2) is 60.4 Å². The molecule has 10 heteroatoms. The predicted octanol–water partition coefficient (Wildman–Crippen LogP) is 3.42. The number of hydrogen-bond acceptors (Lipinski definition) is 3. The van der Waals surface area contributed by atoms with Crippen molar-refractivity contribution >= 4 is 23.5 Å². The standard InChI is InChI=1S/C24H25F3N4O3/c1-16-5-6-18(14-20(16)31-10-8-28-23(31)34)22(33)29-9-7-21(32)30(12-11-29)15-17-3-2-4-19(13-17)24(25,26)27/h2-6,13-14H,7-12,15H2,1H3,(H,28,34). The first-order chi connectivity index (χ1) is 16.1. The van der Waals surface area contributed by atoms with Gasteiger partial charge in [0.15, 0.2) is 0 Å². The molecule has 0 bridgehead atoms. The van der Waals surface area contributed by atoms with E-state index in [-0.39, 0.29) is 50.4 Å². The molecule has 2 fully saturated rings. The Kier molecular flexibility index (Phi) is 6.49. The van der Waals surface area contributed by atoms with Crippen LogP contribution >= 0.6 is 0 Å². The van der Waals surface area contributed by atoms with Crippen LogP contribution in [0.2, 0.25) is 0 Å². The molecule has 2 aliphatic heterocycles. The maximum atomic E-state index is 13.2. The molecule has 2 aliphatic rings. The molecule has 0 aliphatic carbocycles. The molecule has 2 aromatic carbocycles. The molecule has 2 saturated heterocycles. The summed E-state index contributed by atoms with van der Waals surface area (Å²) in [6, 6.07) is 9.89. The van der Waals surface area contributed by atoms with E-state index < -0.39 is 11.7 Å². The minimum absolute atomic E-state index is 0.0452. The number of carbonyl (C=O) groups is 3. The minimum atomic E-state index is -4.45. The zero-order chi connectivity index (χ0) is 24.5. The van der Waals surface area contributed by atoms with Crippen LogP contribution in [0.15, 0.2) is 42.5 Å². The summed E-state index contributed by atoms with van der Waals surface area (Å²) < 4.78 is 39.0. The van der Waals surface area contributed by atoms with E-state index in [1.807, 2.05) is 6.92 Å². The minimum Gasteiger partial charge on any atom is -0.337 e. The van der Waals surface area contributed by atoms with Crippen LogP contribution in [0.25, 0.3) is 0 Å². The predicted molar refractivity (Wildman–Crippen MR) is 119 cm³/mol. The highest BCUT2D eigenvalue weighted by Gasteiger charge is 2.31. The highest BCUT2D eigenvalue weighted by molar-refractivity contribution is 5.99. The lowest BCUT2D eigenvalue weighted by molar-refractivity contribution is -0.137. The van der Waals surface area contributed by atoms with E-state index in [1.165, 1.54) is 11.0 Å². The average molecular weight is 474 g/mol. The fourth-order valence-corrected chi connectivity index (χ4v) is 4.22. The number of alkyl halides is 3. The first-order valence-electron chi connectivity index (χ1n) is 11.0. The summed E-state index contributed by atoms with van der Waals surface area (Å²) in [6.45, 7) is 3.65. The number of carbonyl (C=O) groups excluding carboxylic acids is 3. The van der Waals surface area contributed by atoms with Gasteiger partial charge in [-0.05, 0) is 42.3 Å². The van der Waals surface area contributed by atoms with Crippen molar-refractivity contribution in [3.8, 4) is 0 Å². The smallest absolute Gasteiger partial charge is 0.337 e. The lowest BCUT2D eigenvalue weighted by Crippen LogP contribution is -2.36. The van der Waals surface area contributed by atoms with E-state index in [4.69, 9.17) is 0 Å². The third kappa shape index (κ3) is 5.00. The van der Waals surface area contributed by atoms with E-state index in [2.05, 4.69) is 5.32 Å².